The summed E-state index contributed by atoms with van der Waals surface area (Å²) >= 11 is 0. The van der Waals surface area contributed by atoms with Crippen molar-refractivity contribution in [2.24, 2.45) is 0 Å². The molecule has 0 aliphatic rings. The lowest BCUT2D eigenvalue weighted by Gasteiger charge is -2.11. The number of ketones is 1. The molecular formula is C23H18O3. The van der Waals surface area contributed by atoms with Crippen molar-refractivity contribution < 1.29 is 14.3 Å². The van der Waals surface area contributed by atoms with Crippen LogP contribution in [-0.4, -0.2) is 20.0 Å². The molecule has 3 aromatic carbocycles. The van der Waals surface area contributed by atoms with Crippen molar-refractivity contribution in [3.63, 3.8) is 0 Å². The first-order valence-corrected chi connectivity index (χ1v) is 8.15. The Bertz CT molecular complexity index is 957. The van der Waals surface area contributed by atoms with Crippen LogP contribution in [-0.2, 0) is 0 Å². The van der Waals surface area contributed by atoms with E-state index in [9.17, 15) is 4.79 Å². The van der Waals surface area contributed by atoms with E-state index in [1.54, 1.807) is 26.4 Å². The summed E-state index contributed by atoms with van der Waals surface area (Å²) in [6.45, 7) is 0. The van der Waals surface area contributed by atoms with Crippen molar-refractivity contribution in [3.8, 4) is 34.5 Å². The van der Waals surface area contributed by atoms with Crippen LogP contribution in [0.25, 0.3) is 11.1 Å². The molecule has 0 heterocycles. The second-order valence-corrected chi connectivity index (χ2v) is 5.59. The molecule has 0 aliphatic carbocycles. The molecule has 0 unspecified atom stereocenters. The van der Waals surface area contributed by atoms with E-state index in [1.165, 1.54) is 0 Å². The maximum atomic E-state index is 12.7. The molecule has 0 radical (unpaired) electrons. The smallest absolute Gasteiger partial charge is 0.236 e. The normalized spacial score (nSPS) is 9.77. The maximum absolute atomic E-state index is 12.7. The van der Waals surface area contributed by atoms with E-state index in [2.05, 4.69) is 11.8 Å². The molecule has 0 aromatic heterocycles. The van der Waals surface area contributed by atoms with Crippen LogP contribution in [0.4, 0.5) is 0 Å². The highest BCUT2D eigenvalue weighted by molar-refractivity contribution is 6.13. The minimum absolute atomic E-state index is 0.230. The Morgan fingerprint density at radius 1 is 0.808 bits per heavy atom. The molecular weight excluding hydrogens is 324 g/mol. The van der Waals surface area contributed by atoms with Crippen LogP contribution in [0.1, 0.15) is 15.9 Å². The van der Waals surface area contributed by atoms with Gasteiger partial charge < -0.3 is 9.47 Å². The Kier molecular flexibility index (Phi) is 5.36. The average Bonchev–Trinajstić information content (AvgIpc) is 2.72. The zero-order valence-electron chi connectivity index (χ0n) is 14.7. The van der Waals surface area contributed by atoms with Crippen LogP contribution >= 0.6 is 0 Å². The minimum Gasteiger partial charge on any atom is -0.497 e. The molecule has 3 aromatic rings. The molecule has 0 N–H and O–H groups in total. The lowest BCUT2D eigenvalue weighted by Crippen LogP contribution is -1.99. The van der Waals surface area contributed by atoms with E-state index in [0.29, 0.717) is 17.1 Å². The summed E-state index contributed by atoms with van der Waals surface area (Å²) in [4.78, 5) is 12.7. The van der Waals surface area contributed by atoms with Gasteiger partial charge in [0.15, 0.2) is 0 Å². The average molecular weight is 342 g/mol. The summed E-state index contributed by atoms with van der Waals surface area (Å²) in [6, 6.07) is 22.4. The van der Waals surface area contributed by atoms with E-state index in [-0.39, 0.29) is 5.78 Å². The molecule has 0 saturated heterocycles. The van der Waals surface area contributed by atoms with Gasteiger partial charge in [-0.25, -0.2) is 0 Å². The van der Waals surface area contributed by atoms with Crippen molar-refractivity contribution in [1.82, 2.24) is 0 Å². The Morgan fingerprint density at radius 3 is 2.08 bits per heavy atom. The van der Waals surface area contributed by atoms with Crippen LogP contribution in [0, 0.1) is 11.8 Å². The number of hydrogen-bond acceptors (Lipinski definition) is 3. The number of ether oxygens (including phenoxy) is 2. The minimum atomic E-state index is -0.230. The van der Waals surface area contributed by atoms with Gasteiger partial charge in [0.25, 0.3) is 0 Å². The molecule has 0 fully saturated rings. The Morgan fingerprint density at radius 2 is 1.42 bits per heavy atom. The van der Waals surface area contributed by atoms with Gasteiger partial charge in [0.2, 0.25) is 5.78 Å². The van der Waals surface area contributed by atoms with Crippen molar-refractivity contribution in [3.05, 3.63) is 83.9 Å². The summed E-state index contributed by atoms with van der Waals surface area (Å²) < 4.78 is 10.7. The third kappa shape index (κ3) is 3.93. The first-order chi connectivity index (χ1) is 12.7. The largest absolute Gasteiger partial charge is 0.497 e. The molecule has 0 bridgehead atoms. The van der Waals surface area contributed by atoms with Gasteiger partial charge in [-0.2, -0.15) is 0 Å². The maximum Gasteiger partial charge on any atom is 0.236 e. The molecule has 26 heavy (non-hydrogen) atoms. The fourth-order valence-electron chi connectivity index (χ4n) is 2.61. The molecule has 0 atom stereocenters. The van der Waals surface area contributed by atoms with Crippen LogP contribution in [0.3, 0.4) is 0 Å². The van der Waals surface area contributed by atoms with Crippen LogP contribution in [0.5, 0.6) is 11.5 Å². The summed E-state index contributed by atoms with van der Waals surface area (Å²) in [5.41, 5.74) is 2.98. The molecule has 3 rings (SSSR count). The van der Waals surface area contributed by atoms with Crippen molar-refractivity contribution >= 4 is 5.78 Å². The molecule has 0 saturated carbocycles. The lowest BCUT2D eigenvalue weighted by atomic mass is 9.96. The fraction of sp³-hybridized carbons (Fsp3) is 0.0870. The van der Waals surface area contributed by atoms with Crippen LogP contribution in [0.15, 0.2) is 72.8 Å². The van der Waals surface area contributed by atoms with Crippen molar-refractivity contribution in [1.29, 1.82) is 0 Å². The predicted octanol–water partition coefficient (Wildman–Crippen LogP) is 4.61. The van der Waals surface area contributed by atoms with E-state index >= 15 is 0 Å². The summed E-state index contributed by atoms with van der Waals surface area (Å²) in [5.74, 6) is 6.75. The standard InChI is InChI=1S/C23H18O3/c1-25-19-14-18(15-20(16-19)26-2)21-10-6-7-11-22(21)23(24)13-12-17-8-4-3-5-9-17/h3-11,14-16H,1-2H3. The predicted molar refractivity (Wildman–Crippen MR) is 103 cm³/mol. The topological polar surface area (TPSA) is 35.5 Å². The number of carbonyl (C=O) groups is 1. The van der Waals surface area contributed by atoms with Gasteiger partial charge in [-0.3, -0.25) is 4.79 Å². The SMILES string of the molecule is COc1cc(OC)cc(-c2ccccc2C(=O)C#Cc2ccccc2)c1. The number of methoxy groups -OCH3 is 2. The molecule has 3 heteroatoms. The number of Topliss-reactive ketones (excluding diaryl/α,β-unsaturated/α-hetero) is 1. The first kappa shape index (κ1) is 17.3. The van der Waals surface area contributed by atoms with Crippen LogP contribution in [0.2, 0.25) is 0 Å². The van der Waals surface area contributed by atoms with E-state index in [0.717, 1.165) is 16.7 Å². The molecule has 0 spiro atoms. The zero-order chi connectivity index (χ0) is 18.4. The highest BCUT2D eigenvalue weighted by Crippen LogP contribution is 2.31. The van der Waals surface area contributed by atoms with Gasteiger partial charge in [0.1, 0.15) is 11.5 Å². The highest BCUT2D eigenvalue weighted by atomic mass is 16.5. The number of carbonyl (C=O) groups excluding carboxylic acids is 1. The number of rotatable bonds is 4. The molecule has 0 aliphatic heterocycles. The quantitative estimate of drug-likeness (QED) is 0.513. The fourth-order valence-corrected chi connectivity index (χ4v) is 2.61. The monoisotopic (exact) mass is 342 g/mol. The summed E-state index contributed by atoms with van der Waals surface area (Å²) in [6.07, 6.45) is 0. The third-order valence-electron chi connectivity index (χ3n) is 3.93. The zero-order valence-corrected chi connectivity index (χ0v) is 14.7. The van der Waals surface area contributed by atoms with Gasteiger partial charge in [0, 0.05) is 17.2 Å². The Balaban J connectivity index is 2.02. The first-order valence-electron chi connectivity index (χ1n) is 8.15. The van der Waals surface area contributed by atoms with Crippen LogP contribution < -0.4 is 9.47 Å². The van der Waals surface area contributed by atoms with Gasteiger partial charge >= 0.3 is 0 Å². The van der Waals surface area contributed by atoms with Gasteiger partial charge in [-0.15, -0.1) is 0 Å². The van der Waals surface area contributed by atoms with Crippen molar-refractivity contribution in [2.75, 3.05) is 14.2 Å². The lowest BCUT2D eigenvalue weighted by molar-refractivity contribution is 0.105. The Labute approximate surface area is 153 Å². The third-order valence-corrected chi connectivity index (χ3v) is 3.93. The van der Waals surface area contributed by atoms with E-state index in [4.69, 9.17) is 9.47 Å². The second-order valence-electron chi connectivity index (χ2n) is 5.59. The van der Waals surface area contributed by atoms with Gasteiger partial charge in [-0.05, 0) is 47.4 Å². The number of hydrogen-bond donors (Lipinski definition) is 0. The molecule has 0 amide bonds. The molecule has 128 valence electrons. The number of benzene rings is 3. The van der Waals surface area contributed by atoms with E-state index in [1.807, 2.05) is 60.7 Å². The summed E-state index contributed by atoms with van der Waals surface area (Å²) in [7, 11) is 3.20. The summed E-state index contributed by atoms with van der Waals surface area (Å²) in [5, 5.41) is 0. The molecule has 3 nitrogen and oxygen atoms in total. The highest BCUT2D eigenvalue weighted by Gasteiger charge is 2.12. The second kappa shape index (κ2) is 8.04. The van der Waals surface area contributed by atoms with Crippen molar-refractivity contribution in [2.45, 2.75) is 0 Å². The Hall–Kier alpha value is -3.51. The van der Waals surface area contributed by atoms with Gasteiger partial charge in [0.05, 0.1) is 14.2 Å². The van der Waals surface area contributed by atoms with E-state index < -0.39 is 0 Å². The van der Waals surface area contributed by atoms with Gasteiger partial charge in [-0.1, -0.05) is 42.3 Å².